The number of ether oxygens (including phenoxy) is 1. The van der Waals surface area contributed by atoms with Gasteiger partial charge in [-0.25, -0.2) is 0 Å². The van der Waals surface area contributed by atoms with Crippen LogP contribution in [0.3, 0.4) is 0 Å². The normalized spacial score (nSPS) is 10.8. The highest BCUT2D eigenvalue weighted by molar-refractivity contribution is 5.59. The SMILES string of the molecule is COc1ccc(N(C)CCNC(C)C)c(C)c1C. The van der Waals surface area contributed by atoms with Crippen LogP contribution in [0.5, 0.6) is 5.75 Å². The van der Waals surface area contributed by atoms with E-state index >= 15 is 0 Å². The van der Waals surface area contributed by atoms with Gasteiger partial charge in [-0.1, -0.05) is 13.8 Å². The van der Waals surface area contributed by atoms with Crippen molar-refractivity contribution in [2.75, 3.05) is 32.1 Å². The van der Waals surface area contributed by atoms with Crippen molar-refractivity contribution in [3.05, 3.63) is 23.3 Å². The average molecular weight is 250 g/mol. The summed E-state index contributed by atoms with van der Waals surface area (Å²) in [7, 11) is 3.86. The van der Waals surface area contributed by atoms with E-state index in [0.29, 0.717) is 6.04 Å². The van der Waals surface area contributed by atoms with Gasteiger partial charge in [0.1, 0.15) is 5.75 Å². The molecule has 102 valence electrons. The van der Waals surface area contributed by atoms with Crippen LogP contribution in [0.1, 0.15) is 25.0 Å². The van der Waals surface area contributed by atoms with Gasteiger partial charge in [0, 0.05) is 31.9 Å². The van der Waals surface area contributed by atoms with E-state index in [1.165, 1.54) is 16.8 Å². The molecule has 0 aliphatic rings. The fourth-order valence-corrected chi connectivity index (χ4v) is 2.06. The molecule has 1 aromatic rings. The van der Waals surface area contributed by atoms with Gasteiger partial charge in [-0.05, 0) is 37.1 Å². The number of anilines is 1. The molecule has 0 aromatic heterocycles. The number of hydrogen-bond acceptors (Lipinski definition) is 3. The first-order valence-corrected chi connectivity index (χ1v) is 6.56. The second kappa shape index (κ2) is 6.64. The lowest BCUT2D eigenvalue weighted by Gasteiger charge is -2.24. The molecule has 0 bridgehead atoms. The van der Waals surface area contributed by atoms with Gasteiger partial charge >= 0.3 is 0 Å². The summed E-state index contributed by atoms with van der Waals surface area (Å²) in [6.45, 7) is 10.6. The van der Waals surface area contributed by atoms with Crippen molar-refractivity contribution in [3.63, 3.8) is 0 Å². The van der Waals surface area contributed by atoms with Crippen LogP contribution in [-0.4, -0.2) is 33.3 Å². The Kier molecular flexibility index (Phi) is 5.48. The number of methoxy groups -OCH3 is 1. The van der Waals surface area contributed by atoms with E-state index in [1.807, 2.05) is 6.07 Å². The smallest absolute Gasteiger partial charge is 0.122 e. The second-order valence-electron chi connectivity index (χ2n) is 5.07. The minimum absolute atomic E-state index is 0.539. The molecule has 18 heavy (non-hydrogen) atoms. The Morgan fingerprint density at radius 1 is 1.22 bits per heavy atom. The molecule has 0 fully saturated rings. The lowest BCUT2D eigenvalue weighted by atomic mass is 10.1. The fraction of sp³-hybridized carbons (Fsp3) is 0.600. The number of hydrogen-bond donors (Lipinski definition) is 1. The third-order valence-electron chi connectivity index (χ3n) is 3.34. The Hall–Kier alpha value is -1.22. The highest BCUT2D eigenvalue weighted by Crippen LogP contribution is 2.28. The maximum atomic E-state index is 5.34. The number of nitrogens with zero attached hydrogens (tertiary/aromatic N) is 1. The van der Waals surface area contributed by atoms with Crippen molar-refractivity contribution in [2.24, 2.45) is 0 Å². The highest BCUT2D eigenvalue weighted by Gasteiger charge is 2.09. The summed E-state index contributed by atoms with van der Waals surface area (Å²) in [4.78, 5) is 2.29. The number of likely N-dealkylation sites (N-methyl/N-ethyl adjacent to an activating group) is 1. The van der Waals surface area contributed by atoms with Crippen molar-refractivity contribution in [3.8, 4) is 5.75 Å². The van der Waals surface area contributed by atoms with Gasteiger partial charge in [0.2, 0.25) is 0 Å². The molecule has 0 aliphatic heterocycles. The van der Waals surface area contributed by atoms with E-state index in [2.05, 4.69) is 51.0 Å². The average Bonchev–Trinajstić information content (AvgIpc) is 2.32. The van der Waals surface area contributed by atoms with Gasteiger partial charge in [0.05, 0.1) is 7.11 Å². The molecule has 0 saturated carbocycles. The van der Waals surface area contributed by atoms with Crippen LogP contribution in [0.2, 0.25) is 0 Å². The standard InChI is InChI=1S/C15H26N2O/c1-11(2)16-9-10-17(5)14-7-8-15(18-6)13(4)12(14)3/h7-8,11,16H,9-10H2,1-6H3. The Morgan fingerprint density at radius 2 is 1.89 bits per heavy atom. The lowest BCUT2D eigenvalue weighted by molar-refractivity contribution is 0.411. The quantitative estimate of drug-likeness (QED) is 0.840. The summed E-state index contributed by atoms with van der Waals surface area (Å²) >= 11 is 0. The van der Waals surface area contributed by atoms with E-state index in [-0.39, 0.29) is 0 Å². The molecule has 3 nitrogen and oxygen atoms in total. The molecule has 0 unspecified atom stereocenters. The third kappa shape index (κ3) is 3.64. The molecule has 0 radical (unpaired) electrons. The first-order valence-electron chi connectivity index (χ1n) is 6.56. The topological polar surface area (TPSA) is 24.5 Å². The predicted octanol–water partition coefficient (Wildman–Crippen LogP) is 2.75. The molecule has 0 aliphatic carbocycles. The summed E-state index contributed by atoms with van der Waals surface area (Å²) in [5.41, 5.74) is 3.79. The van der Waals surface area contributed by atoms with E-state index < -0.39 is 0 Å². The molecule has 1 rings (SSSR count). The Bertz CT molecular complexity index is 388. The predicted molar refractivity (Wildman–Crippen MR) is 78.9 cm³/mol. The van der Waals surface area contributed by atoms with Crippen LogP contribution in [0.25, 0.3) is 0 Å². The summed E-state index contributed by atoms with van der Waals surface area (Å²) < 4.78 is 5.34. The maximum Gasteiger partial charge on any atom is 0.122 e. The minimum Gasteiger partial charge on any atom is -0.496 e. The highest BCUT2D eigenvalue weighted by atomic mass is 16.5. The van der Waals surface area contributed by atoms with Crippen molar-refractivity contribution in [1.29, 1.82) is 0 Å². The third-order valence-corrected chi connectivity index (χ3v) is 3.34. The number of rotatable bonds is 6. The Balaban J connectivity index is 2.74. The van der Waals surface area contributed by atoms with Gasteiger partial charge in [0.25, 0.3) is 0 Å². The second-order valence-corrected chi connectivity index (χ2v) is 5.07. The fourth-order valence-electron chi connectivity index (χ4n) is 2.06. The molecular weight excluding hydrogens is 224 g/mol. The minimum atomic E-state index is 0.539. The van der Waals surface area contributed by atoms with Gasteiger partial charge in [-0.15, -0.1) is 0 Å². The Labute approximate surface area is 111 Å². The van der Waals surface area contributed by atoms with Gasteiger partial charge < -0.3 is 15.0 Å². The molecule has 1 aromatic carbocycles. The monoisotopic (exact) mass is 250 g/mol. The zero-order chi connectivity index (χ0) is 13.7. The lowest BCUT2D eigenvalue weighted by Crippen LogP contribution is -2.33. The molecule has 0 heterocycles. The van der Waals surface area contributed by atoms with Crippen LogP contribution in [0.15, 0.2) is 12.1 Å². The summed E-state index contributed by atoms with van der Waals surface area (Å²) in [5, 5.41) is 3.44. The maximum absolute atomic E-state index is 5.34. The van der Waals surface area contributed by atoms with Crippen LogP contribution in [0, 0.1) is 13.8 Å². The Morgan fingerprint density at radius 3 is 2.44 bits per heavy atom. The zero-order valence-corrected chi connectivity index (χ0v) is 12.5. The summed E-state index contributed by atoms with van der Waals surface area (Å²) in [6.07, 6.45) is 0. The van der Waals surface area contributed by atoms with E-state index in [4.69, 9.17) is 4.74 Å². The first kappa shape index (κ1) is 14.8. The van der Waals surface area contributed by atoms with Crippen LogP contribution in [-0.2, 0) is 0 Å². The molecule has 0 atom stereocenters. The molecular formula is C15H26N2O. The van der Waals surface area contributed by atoms with Crippen molar-refractivity contribution < 1.29 is 4.74 Å². The zero-order valence-electron chi connectivity index (χ0n) is 12.5. The summed E-state index contributed by atoms with van der Waals surface area (Å²) in [5.74, 6) is 0.963. The molecule has 0 amide bonds. The summed E-state index contributed by atoms with van der Waals surface area (Å²) in [6, 6.07) is 4.72. The molecule has 0 spiro atoms. The van der Waals surface area contributed by atoms with Crippen LogP contribution >= 0.6 is 0 Å². The largest absolute Gasteiger partial charge is 0.496 e. The van der Waals surface area contributed by atoms with Crippen LogP contribution in [0.4, 0.5) is 5.69 Å². The van der Waals surface area contributed by atoms with Crippen molar-refractivity contribution in [2.45, 2.75) is 33.7 Å². The molecule has 1 N–H and O–H groups in total. The number of nitrogens with one attached hydrogen (secondary N) is 1. The van der Waals surface area contributed by atoms with E-state index in [1.54, 1.807) is 7.11 Å². The van der Waals surface area contributed by atoms with Crippen molar-refractivity contribution >= 4 is 5.69 Å². The van der Waals surface area contributed by atoms with Crippen molar-refractivity contribution in [1.82, 2.24) is 5.32 Å². The molecule has 3 heteroatoms. The molecule has 0 saturated heterocycles. The van der Waals surface area contributed by atoms with E-state index in [0.717, 1.165) is 18.8 Å². The first-order chi connectivity index (χ1) is 8.47. The van der Waals surface area contributed by atoms with Gasteiger partial charge in [-0.2, -0.15) is 0 Å². The number of benzene rings is 1. The van der Waals surface area contributed by atoms with Gasteiger partial charge in [0.15, 0.2) is 0 Å². The van der Waals surface area contributed by atoms with E-state index in [9.17, 15) is 0 Å². The van der Waals surface area contributed by atoms with Gasteiger partial charge in [-0.3, -0.25) is 0 Å². The van der Waals surface area contributed by atoms with Crippen LogP contribution < -0.4 is 15.0 Å².